The lowest BCUT2D eigenvalue weighted by Gasteiger charge is -2.16. The number of pyridine rings is 1. The van der Waals surface area contributed by atoms with Crippen LogP contribution in [-0.4, -0.2) is 17.7 Å². The summed E-state index contributed by atoms with van der Waals surface area (Å²) in [6.45, 7) is 4.56. The Morgan fingerprint density at radius 3 is 2.88 bits per heavy atom. The first-order valence-corrected chi connectivity index (χ1v) is 5.88. The Morgan fingerprint density at radius 1 is 1.29 bits per heavy atom. The van der Waals surface area contributed by atoms with Gasteiger partial charge in [-0.25, -0.2) is 0 Å². The van der Waals surface area contributed by atoms with E-state index in [4.69, 9.17) is 10.5 Å². The molecule has 0 fully saturated rings. The highest BCUT2D eigenvalue weighted by Crippen LogP contribution is 2.22. The number of fused-ring (bicyclic) bond motifs is 1. The second-order valence-electron chi connectivity index (χ2n) is 4.43. The molecule has 2 rings (SSSR count). The normalized spacial score (nSPS) is 13.2. The Balaban J connectivity index is 2.28. The molecule has 1 atom stereocenters. The van der Waals surface area contributed by atoms with Crippen molar-refractivity contribution < 1.29 is 4.74 Å². The maximum Gasteiger partial charge on any atom is 0.0663 e. The molecule has 3 nitrogen and oxygen atoms in total. The van der Waals surface area contributed by atoms with Gasteiger partial charge in [0.25, 0.3) is 0 Å². The summed E-state index contributed by atoms with van der Waals surface area (Å²) in [5, 5.41) is 2.27. The van der Waals surface area contributed by atoms with Crippen LogP contribution < -0.4 is 5.73 Å². The lowest BCUT2D eigenvalue weighted by molar-refractivity contribution is 0.0685. The lowest BCUT2D eigenvalue weighted by Crippen LogP contribution is -2.19. The molecule has 0 saturated carbocycles. The molecule has 0 saturated heterocycles. The molecule has 0 aliphatic carbocycles. The van der Waals surface area contributed by atoms with Gasteiger partial charge < -0.3 is 10.5 Å². The van der Waals surface area contributed by atoms with Gasteiger partial charge in [-0.15, -0.1) is 0 Å². The second kappa shape index (κ2) is 5.25. The molecular weight excluding hydrogens is 212 g/mol. The number of hydrogen-bond acceptors (Lipinski definition) is 3. The minimum absolute atomic E-state index is 0.106. The molecular formula is C14H18N2O. The highest BCUT2D eigenvalue weighted by molar-refractivity contribution is 5.85. The van der Waals surface area contributed by atoms with Crippen molar-refractivity contribution in [1.82, 2.24) is 4.98 Å². The molecule has 0 spiro atoms. The van der Waals surface area contributed by atoms with Crippen LogP contribution in [-0.2, 0) is 4.74 Å². The summed E-state index contributed by atoms with van der Waals surface area (Å²) in [5.74, 6) is 0. The summed E-state index contributed by atoms with van der Waals surface area (Å²) in [5.41, 5.74) is 7.25. The van der Waals surface area contributed by atoms with Crippen molar-refractivity contribution in [1.29, 1.82) is 0 Å². The van der Waals surface area contributed by atoms with Gasteiger partial charge in [-0.1, -0.05) is 18.2 Å². The van der Waals surface area contributed by atoms with Crippen LogP contribution in [0.5, 0.6) is 0 Å². The first-order chi connectivity index (χ1) is 8.18. The van der Waals surface area contributed by atoms with E-state index in [1.165, 1.54) is 0 Å². The van der Waals surface area contributed by atoms with Crippen LogP contribution >= 0.6 is 0 Å². The number of hydrogen-bond donors (Lipinski definition) is 1. The summed E-state index contributed by atoms with van der Waals surface area (Å²) in [4.78, 5) is 4.15. The van der Waals surface area contributed by atoms with Crippen molar-refractivity contribution in [2.45, 2.75) is 26.0 Å². The number of nitrogens with two attached hydrogens (primary N) is 1. The second-order valence-corrected chi connectivity index (χ2v) is 4.43. The summed E-state index contributed by atoms with van der Waals surface area (Å²) >= 11 is 0. The summed E-state index contributed by atoms with van der Waals surface area (Å²) in [6, 6.07) is 8.02. The minimum atomic E-state index is -0.106. The number of nitrogens with zero attached hydrogens (tertiary/aromatic N) is 1. The zero-order valence-electron chi connectivity index (χ0n) is 10.3. The molecule has 0 aliphatic heterocycles. The van der Waals surface area contributed by atoms with Gasteiger partial charge in [0.15, 0.2) is 0 Å². The van der Waals surface area contributed by atoms with Crippen LogP contribution in [0.15, 0.2) is 36.7 Å². The van der Waals surface area contributed by atoms with Crippen LogP contribution in [0.25, 0.3) is 10.8 Å². The fourth-order valence-electron chi connectivity index (χ4n) is 1.85. The van der Waals surface area contributed by atoms with Crippen molar-refractivity contribution in [3.8, 4) is 0 Å². The van der Waals surface area contributed by atoms with E-state index in [1.54, 1.807) is 6.20 Å². The molecule has 90 valence electrons. The monoisotopic (exact) mass is 230 g/mol. The van der Waals surface area contributed by atoms with E-state index in [0.717, 1.165) is 16.3 Å². The molecule has 3 heteroatoms. The van der Waals surface area contributed by atoms with E-state index in [1.807, 2.05) is 38.2 Å². The molecule has 1 heterocycles. The van der Waals surface area contributed by atoms with Crippen LogP contribution in [0.3, 0.4) is 0 Å². The maximum atomic E-state index is 6.16. The minimum Gasteiger partial charge on any atom is -0.377 e. The van der Waals surface area contributed by atoms with Crippen LogP contribution in [0.4, 0.5) is 0 Å². The van der Waals surface area contributed by atoms with Gasteiger partial charge in [-0.2, -0.15) is 0 Å². The standard InChI is InChI=1S/C14H18N2O/c1-10(2)17-9-14(15)12-5-3-4-11-6-7-16-8-13(11)12/h3-8,10,14H,9,15H2,1-2H3. The fraction of sp³-hybridized carbons (Fsp3) is 0.357. The molecule has 0 bridgehead atoms. The van der Waals surface area contributed by atoms with Gasteiger partial charge >= 0.3 is 0 Å². The van der Waals surface area contributed by atoms with E-state index in [-0.39, 0.29) is 12.1 Å². The highest BCUT2D eigenvalue weighted by atomic mass is 16.5. The van der Waals surface area contributed by atoms with Crippen LogP contribution in [0, 0.1) is 0 Å². The van der Waals surface area contributed by atoms with E-state index in [9.17, 15) is 0 Å². The molecule has 2 aromatic rings. The Bertz CT molecular complexity index is 491. The van der Waals surface area contributed by atoms with Crippen molar-refractivity contribution in [3.05, 3.63) is 42.2 Å². The molecule has 1 unspecified atom stereocenters. The Morgan fingerprint density at radius 2 is 2.12 bits per heavy atom. The quantitative estimate of drug-likeness (QED) is 0.878. The van der Waals surface area contributed by atoms with Gasteiger partial charge in [0, 0.05) is 17.8 Å². The smallest absolute Gasteiger partial charge is 0.0663 e. The lowest BCUT2D eigenvalue weighted by atomic mass is 10.0. The molecule has 1 aromatic heterocycles. The molecule has 2 N–H and O–H groups in total. The van der Waals surface area contributed by atoms with Crippen LogP contribution in [0.2, 0.25) is 0 Å². The van der Waals surface area contributed by atoms with Gasteiger partial charge in [0.1, 0.15) is 0 Å². The molecule has 0 radical (unpaired) electrons. The third-order valence-electron chi connectivity index (χ3n) is 2.73. The first kappa shape index (κ1) is 12.0. The molecule has 0 amide bonds. The fourth-order valence-corrected chi connectivity index (χ4v) is 1.85. The zero-order chi connectivity index (χ0) is 12.3. The average Bonchev–Trinajstić information content (AvgIpc) is 2.35. The van der Waals surface area contributed by atoms with Gasteiger partial charge in [-0.05, 0) is 30.9 Å². The SMILES string of the molecule is CC(C)OCC(N)c1cccc2ccncc12. The Kier molecular flexibility index (Phi) is 3.71. The number of benzene rings is 1. The third-order valence-corrected chi connectivity index (χ3v) is 2.73. The van der Waals surface area contributed by atoms with Gasteiger partial charge in [0.05, 0.1) is 18.8 Å². The maximum absolute atomic E-state index is 6.16. The molecule has 1 aromatic carbocycles. The van der Waals surface area contributed by atoms with E-state index in [2.05, 4.69) is 11.1 Å². The number of aromatic nitrogens is 1. The molecule has 17 heavy (non-hydrogen) atoms. The zero-order valence-corrected chi connectivity index (χ0v) is 10.3. The highest BCUT2D eigenvalue weighted by Gasteiger charge is 2.10. The van der Waals surface area contributed by atoms with Crippen molar-refractivity contribution >= 4 is 10.8 Å². The Hall–Kier alpha value is -1.45. The van der Waals surface area contributed by atoms with E-state index >= 15 is 0 Å². The van der Waals surface area contributed by atoms with Gasteiger partial charge in [-0.3, -0.25) is 4.98 Å². The van der Waals surface area contributed by atoms with Crippen LogP contribution in [0.1, 0.15) is 25.5 Å². The third kappa shape index (κ3) is 2.81. The van der Waals surface area contributed by atoms with Gasteiger partial charge in [0.2, 0.25) is 0 Å². The Labute approximate surface area is 102 Å². The van der Waals surface area contributed by atoms with Crippen molar-refractivity contribution in [2.75, 3.05) is 6.61 Å². The summed E-state index contributed by atoms with van der Waals surface area (Å²) in [6.07, 6.45) is 3.86. The average molecular weight is 230 g/mol. The predicted octanol–water partition coefficient (Wildman–Crippen LogP) is 2.66. The van der Waals surface area contributed by atoms with Crippen molar-refractivity contribution in [2.24, 2.45) is 5.73 Å². The predicted molar refractivity (Wildman–Crippen MR) is 69.8 cm³/mol. The first-order valence-electron chi connectivity index (χ1n) is 5.88. The summed E-state index contributed by atoms with van der Waals surface area (Å²) in [7, 11) is 0. The van der Waals surface area contributed by atoms with E-state index < -0.39 is 0 Å². The van der Waals surface area contributed by atoms with Crippen molar-refractivity contribution in [3.63, 3.8) is 0 Å². The van der Waals surface area contributed by atoms with E-state index in [0.29, 0.717) is 6.61 Å². The largest absolute Gasteiger partial charge is 0.377 e. The topological polar surface area (TPSA) is 48.1 Å². The number of rotatable bonds is 4. The number of ether oxygens (including phenoxy) is 1. The molecule has 0 aliphatic rings. The summed E-state index contributed by atoms with van der Waals surface area (Å²) < 4.78 is 5.56.